The first kappa shape index (κ1) is 25.0. The Balaban J connectivity index is 1.13. The Morgan fingerprint density at radius 3 is 2.55 bits per heavy atom. The lowest BCUT2D eigenvalue weighted by molar-refractivity contribution is -0.0364. The van der Waals surface area contributed by atoms with Gasteiger partial charge >= 0.3 is 0 Å². The Bertz CT molecular complexity index is 1590. The largest absolute Gasteiger partial charge is 0.388 e. The maximum atomic E-state index is 10.7. The number of aromatic nitrogens is 4. The minimum Gasteiger partial charge on any atom is -0.388 e. The van der Waals surface area contributed by atoms with Gasteiger partial charge in [0.25, 0.3) is 0 Å². The van der Waals surface area contributed by atoms with Crippen LogP contribution in [0.15, 0.2) is 73.2 Å². The molecule has 3 N–H and O–H groups in total. The van der Waals surface area contributed by atoms with Gasteiger partial charge in [0.05, 0.1) is 17.0 Å². The summed E-state index contributed by atoms with van der Waals surface area (Å²) in [6.07, 6.45) is 0.844. The van der Waals surface area contributed by atoms with E-state index >= 15 is 0 Å². The van der Waals surface area contributed by atoms with Crippen molar-refractivity contribution < 1.29 is 14.9 Å². The normalized spacial score (nSPS) is 21.4. The molecule has 5 aromatic rings. The molecule has 0 unspecified atom stereocenters. The third-order valence-electron chi connectivity index (χ3n) is 6.93. The second-order valence-electron chi connectivity index (χ2n) is 9.41. The number of aryl methyl sites for hydroxylation is 1. The van der Waals surface area contributed by atoms with Crippen molar-refractivity contribution in [1.82, 2.24) is 19.5 Å². The molecule has 0 radical (unpaired) electrons. The molecule has 1 aliphatic heterocycles. The second kappa shape index (κ2) is 10.5. The summed E-state index contributed by atoms with van der Waals surface area (Å²) in [6, 6.07) is 19.6. The SMILES string of the molecule is O[C@@H]1[C@H](O)[C@@H](CCc2ccc3ccc(NCc4ccc(Cl)cc4)nc3c2)O[C@H]1n1ccc2c(Cl)ncnc21. The van der Waals surface area contributed by atoms with Crippen molar-refractivity contribution in [3.05, 3.63) is 94.5 Å². The van der Waals surface area contributed by atoms with Crippen LogP contribution in [0.25, 0.3) is 21.9 Å². The van der Waals surface area contributed by atoms with E-state index in [0.29, 0.717) is 40.6 Å². The molecule has 0 aliphatic carbocycles. The van der Waals surface area contributed by atoms with Gasteiger partial charge in [-0.2, -0.15) is 0 Å². The van der Waals surface area contributed by atoms with Crippen LogP contribution in [0.2, 0.25) is 10.2 Å². The van der Waals surface area contributed by atoms with E-state index in [1.54, 1.807) is 16.8 Å². The van der Waals surface area contributed by atoms with Gasteiger partial charge in [0.15, 0.2) is 6.23 Å². The first-order chi connectivity index (χ1) is 18.5. The molecule has 1 aliphatic rings. The van der Waals surface area contributed by atoms with E-state index in [1.807, 2.05) is 42.5 Å². The van der Waals surface area contributed by atoms with Gasteiger partial charge in [-0.3, -0.25) is 0 Å². The van der Waals surface area contributed by atoms with E-state index in [0.717, 1.165) is 27.8 Å². The summed E-state index contributed by atoms with van der Waals surface area (Å²) in [5.41, 5.74) is 3.61. The maximum Gasteiger partial charge on any atom is 0.164 e. The van der Waals surface area contributed by atoms with Crippen molar-refractivity contribution in [2.45, 2.75) is 43.9 Å². The topological polar surface area (TPSA) is 105 Å². The molecular weight excluding hydrogens is 525 g/mol. The Kier molecular flexibility index (Phi) is 6.90. The number of anilines is 1. The van der Waals surface area contributed by atoms with E-state index in [9.17, 15) is 10.2 Å². The molecule has 8 nitrogen and oxygen atoms in total. The molecule has 4 heterocycles. The van der Waals surface area contributed by atoms with Gasteiger partial charge in [-0.1, -0.05) is 47.5 Å². The minimum atomic E-state index is -1.10. The summed E-state index contributed by atoms with van der Waals surface area (Å²) < 4.78 is 7.80. The van der Waals surface area contributed by atoms with Crippen molar-refractivity contribution in [3.8, 4) is 0 Å². The number of benzene rings is 2. The van der Waals surface area contributed by atoms with Crippen LogP contribution in [0.4, 0.5) is 5.82 Å². The highest BCUT2D eigenvalue weighted by molar-refractivity contribution is 6.33. The van der Waals surface area contributed by atoms with Crippen LogP contribution in [-0.4, -0.2) is 48.0 Å². The number of rotatable bonds is 7. The summed E-state index contributed by atoms with van der Waals surface area (Å²) in [5.74, 6) is 0.785. The summed E-state index contributed by atoms with van der Waals surface area (Å²) >= 11 is 12.1. The van der Waals surface area contributed by atoms with Gasteiger partial charge in [0.1, 0.15) is 35.2 Å². The number of aliphatic hydroxyl groups excluding tert-OH is 2. The molecule has 6 rings (SSSR count). The first-order valence-corrected chi connectivity index (χ1v) is 13.1. The number of nitrogens with zero attached hydrogens (tertiary/aromatic N) is 4. The molecule has 1 saturated heterocycles. The molecule has 0 spiro atoms. The average Bonchev–Trinajstić information content (AvgIpc) is 3.48. The number of hydrogen-bond acceptors (Lipinski definition) is 7. The molecule has 38 heavy (non-hydrogen) atoms. The molecular formula is C28H25Cl2N5O3. The van der Waals surface area contributed by atoms with Crippen LogP contribution in [0.5, 0.6) is 0 Å². The fourth-order valence-electron chi connectivity index (χ4n) is 4.86. The van der Waals surface area contributed by atoms with Crippen LogP contribution in [0, 0.1) is 0 Å². The molecule has 1 fully saturated rings. The number of aliphatic hydroxyl groups is 2. The van der Waals surface area contributed by atoms with Crippen molar-refractivity contribution >= 4 is 51.0 Å². The van der Waals surface area contributed by atoms with E-state index in [2.05, 4.69) is 27.4 Å². The summed E-state index contributed by atoms with van der Waals surface area (Å²) in [6.45, 7) is 0.644. The monoisotopic (exact) mass is 549 g/mol. The first-order valence-electron chi connectivity index (χ1n) is 12.3. The number of fused-ring (bicyclic) bond motifs is 2. The van der Waals surface area contributed by atoms with Gasteiger partial charge in [-0.25, -0.2) is 15.0 Å². The van der Waals surface area contributed by atoms with Gasteiger partial charge in [-0.15, -0.1) is 0 Å². The predicted octanol–water partition coefficient (Wildman–Crippen LogP) is 5.15. The van der Waals surface area contributed by atoms with Crippen LogP contribution in [0.3, 0.4) is 0 Å². The minimum absolute atomic E-state index is 0.326. The lowest BCUT2D eigenvalue weighted by atomic mass is 10.0. The number of hydrogen-bond donors (Lipinski definition) is 3. The molecule has 0 amide bonds. The zero-order chi connectivity index (χ0) is 26.2. The highest BCUT2D eigenvalue weighted by Gasteiger charge is 2.43. The average molecular weight is 550 g/mol. The Labute approximate surface area is 228 Å². The van der Waals surface area contributed by atoms with E-state index < -0.39 is 24.5 Å². The molecule has 2 aromatic carbocycles. The Morgan fingerprint density at radius 2 is 1.71 bits per heavy atom. The van der Waals surface area contributed by atoms with E-state index in [1.165, 1.54) is 6.33 Å². The van der Waals surface area contributed by atoms with Crippen molar-refractivity contribution in [2.75, 3.05) is 5.32 Å². The van der Waals surface area contributed by atoms with Crippen molar-refractivity contribution in [3.63, 3.8) is 0 Å². The van der Waals surface area contributed by atoms with Crippen molar-refractivity contribution in [2.24, 2.45) is 0 Å². The molecule has 10 heteroatoms. The smallest absolute Gasteiger partial charge is 0.164 e. The Hall–Kier alpha value is -3.27. The molecule has 4 atom stereocenters. The number of ether oxygens (including phenoxy) is 1. The fourth-order valence-corrected chi connectivity index (χ4v) is 5.18. The number of pyridine rings is 1. The van der Waals surface area contributed by atoms with Crippen LogP contribution in [0.1, 0.15) is 23.8 Å². The summed E-state index contributed by atoms with van der Waals surface area (Å²) in [7, 11) is 0. The van der Waals surface area contributed by atoms with Crippen LogP contribution >= 0.6 is 23.2 Å². The summed E-state index contributed by atoms with van der Waals surface area (Å²) in [5, 5.41) is 27.6. The molecule has 0 bridgehead atoms. The van der Waals surface area contributed by atoms with Gasteiger partial charge < -0.3 is 24.8 Å². The quantitative estimate of drug-likeness (QED) is 0.241. The summed E-state index contributed by atoms with van der Waals surface area (Å²) in [4.78, 5) is 13.0. The molecule has 194 valence electrons. The molecule has 3 aromatic heterocycles. The maximum absolute atomic E-state index is 10.7. The third-order valence-corrected chi connectivity index (χ3v) is 7.49. The lowest BCUT2D eigenvalue weighted by Crippen LogP contribution is -2.31. The standard InChI is InChI=1S/C28H25Cl2N5O3/c29-19-7-2-17(3-8-19)14-31-23-10-6-18-5-1-16(13-21(18)34-23)4-9-22-24(36)25(37)28(38-22)35-12-11-20-26(30)32-15-33-27(20)35/h1-3,5-8,10-13,15,22,24-25,28,36-37H,4,9,14H2,(H,31,34)/t22-,24-,25-,28-/m1/s1. The fraction of sp³-hybridized carbons (Fsp3) is 0.250. The lowest BCUT2D eigenvalue weighted by Gasteiger charge is -2.17. The number of halogens is 2. The zero-order valence-electron chi connectivity index (χ0n) is 20.2. The Morgan fingerprint density at radius 1 is 0.921 bits per heavy atom. The van der Waals surface area contributed by atoms with Gasteiger partial charge in [0.2, 0.25) is 0 Å². The van der Waals surface area contributed by atoms with Crippen LogP contribution in [-0.2, 0) is 17.7 Å². The third kappa shape index (κ3) is 4.93. The van der Waals surface area contributed by atoms with Gasteiger partial charge in [-0.05, 0) is 60.4 Å². The highest BCUT2D eigenvalue weighted by Crippen LogP contribution is 2.35. The second-order valence-corrected chi connectivity index (χ2v) is 10.2. The van der Waals surface area contributed by atoms with Crippen LogP contribution < -0.4 is 5.32 Å². The van der Waals surface area contributed by atoms with E-state index in [4.69, 9.17) is 32.9 Å². The van der Waals surface area contributed by atoms with Gasteiger partial charge in [0, 0.05) is 23.2 Å². The highest BCUT2D eigenvalue weighted by atomic mass is 35.5. The molecule has 0 saturated carbocycles. The predicted molar refractivity (Wildman–Crippen MR) is 147 cm³/mol. The van der Waals surface area contributed by atoms with Crippen molar-refractivity contribution in [1.29, 1.82) is 0 Å². The number of nitrogens with one attached hydrogen (secondary N) is 1. The van der Waals surface area contributed by atoms with E-state index in [-0.39, 0.29) is 0 Å². The zero-order valence-corrected chi connectivity index (χ0v) is 21.7.